The first kappa shape index (κ1) is 17.6. The number of anilines is 1. The molecular formula is C20H18BrN3S2. The van der Waals surface area contributed by atoms with E-state index in [2.05, 4.69) is 80.7 Å². The van der Waals surface area contributed by atoms with Crippen molar-refractivity contribution < 1.29 is 0 Å². The predicted molar refractivity (Wildman–Crippen MR) is 116 cm³/mol. The maximum atomic E-state index is 5.74. The number of nitrogens with one attached hydrogen (secondary N) is 1. The molecule has 0 radical (unpaired) electrons. The lowest BCUT2D eigenvalue weighted by Gasteiger charge is -2.27. The third-order valence-corrected chi connectivity index (χ3v) is 6.82. The van der Waals surface area contributed by atoms with Gasteiger partial charge < -0.3 is 10.2 Å². The van der Waals surface area contributed by atoms with Crippen LogP contribution in [-0.4, -0.2) is 10.1 Å². The molecule has 1 N–H and O–H groups in total. The van der Waals surface area contributed by atoms with E-state index in [0.29, 0.717) is 0 Å². The molecule has 0 saturated carbocycles. The van der Waals surface area contributed by atoms with E-state index in [1.165, 1.54) is 16.0 Å². The second-order valence-electron chi connectivity index (χ2n) is 6.43. The molecule has 1 aromatic carbocycles. The Hall–Kier alpha value is -1.76. The van der Waals surface area contributed by atoms with E-state index < -0.39 is 0 Å². The summed E-state index contributed by atoms with van der Waals surface area (Å²) >= 11 is 11.1. The number of hydrogen-bond acceptors (Lipinski definition) is 3. The van der Waals surface area contributed by atoms with Crippen molar-refractivity contribution in [1.82, 2.24) is 10.3 Å². The van der Waals surface area contributed by atoms with Gasteiger partial charge in [-0.05, 0) is 83.5 Å². The van der Waals surface area contributed by atoms with Gasteiger partial charge in [0.25, 0.3) is 0 Å². The number of benzene rings is 1. The summed E-state index contributed by atoms with van der Waals surface area (Å²) in [5.74, 6) is 0. The zero-order chi connectivity index (χ0) is 18.3. The number of aromatic nitrogens is 1. The number of rotatable bonds is 3. The second kappa shape index (κ2) is 7.10. The predicted octanol–water partition coefficient (Wildman–Crippen LogP) is 5.70. The summed E-state index contributed by atoms with van der Waals surface area (Å²) in [7, 11) is 0. The van der Waals surface area contributed by atoms with Crippen molar-refractivity contribution in [2.24, 2.45) is 0 Å². The van der Waals surface area contributed by atoms with Gasteiger partial charge in [-0.2, -0.15) is 0 Å². The molecule has 2 unspecified atom stereocenters. The van der Waals surface area contributed by atoms with Crippen LogP contribution in [0.3, 0.4) is 0 Å². The monoisotopic (exact) mass is 443 g/mol. The molecule has 6 heteroatoms. The fourth-order valence-electron chi connectivity index (χ4n) is 3.28. The van der Waals surface area contributed by atoms with E-state index in [1.54, 1.807) is 11.3 Å². The van der Waals surface area contributed by atoms with E-state index in [1.807, 2.05) is 18.3 Å². The Morgan fingerprint density at radius 3 is 2.65 bits per heavy atom. The van der Waals surface area contributed by atoms with Gasteiger partial charge in [-0.3, -0.25) is 4.98 Å². The Bertz CT molecular complexity index is 955. The van der Waals surface area contributed by atoms with Crippen LogP contribution in [0.5, 0.6) is 0 Å². The molecule has 1 saturated heterocycles. The fourth-order valence-corrected chi connectivity index (χ4v) is 5.20. The number of thiocarbonyl (C=S) groups is 1. The van der Waals surface area contributed by atoms with Gasteiger partial charge in [0.2, 0.25) is 0 Å². The molecular weight excluding hydrogens is 426 g/mol. The molecule has 4 rings (SSSR count). The molecule has 3 aromatic rings. The molecule has 3 nitrogen and oxygen atoms in total. The molecule has 132 valence electrons. The summed E-state index contributed by atoms with van der Waals surface area (Å²) in [4.78, 5) is 8.05. The van der Waals surface area contributed by atoms with Gasteiger partial charge >= 0.3 is 0 Å². The van der Waals surface area contributed by atoms with Crippen LogP contribution < -0.4 is 10.2 Å². The Morgan fingerprint density at radius 2 is 2.00 bits per heavy atom. The molecule has 3 heterocycles. The van der Waals surface area contributed by atoms with Gasteiger partial charge in [-0.1, -0.05) is 12.1 Å². The minimum atomic E-state index is 0.0101. The minimum Gasteiger partial charge on any atom is -0.351 e. The zero-order valence-electron chi connectivity index (χ0n) is 14.4. The lowest BCUT2D eigenvalue weighted by Crippen LogP contribution is -2.29. The van der Waals surface area contributed by atoms with Crippen LogP contribution in [-0.2, 0) is 0 Å². The van der Waals surface area contributed by atoms with Gasteiger partial charge in [0.15, 0.2) is 5.11 Å². The highest BCUT2D eigenvalue weighted by atomic mass is 79.9. The normalized spacial score (nSPS) is 19.7. The van der Waals surface area contributed by atoms with E-state index in [0.717, 1.165) is 21.0 Å². The quantitative estimate of drug-likeness (QED) is 0.525. The summed E-state index contributed by atoms with van der Waals surface area (Å²) in [6.45, 7) is 4.27. The SMILES string of the molecule is Cc1ccc(N2C(=S)NC(c3ccccn3)C2c2cc(Br)cs2)cc1C. The topological polar surface area (TPSA) is 28.2 Å². The van der Waals surface area contributed by atoms with E-state index >= 15 is 0 Å². The highest BCUT2D eigenvalue weighted by Crippen LogP contribution is 2.44. The molecule has 26 heavy (non-hydrogen) atoms. The minimum absolute atomic E-state index is 0.0101. The van der Waals surface area contributed by atoms with Crippen LogP contribution in [0, 0.1) is 13.8 Å². The average molecular weight is 444 g/mol. The number of pyridine rings is 1. The van der Waals surface area contributed by atoms with Crippen molar-refractivity contribution in [1.29, 1.82) is 0 Å². The molecule has 1 aliphatic heterocycles. The molecule has 1 aliphatic rings. The maximum Gasteiger partial charge on any atom is 0.174 e. The van der Waals surface area contributed by atoms with Crippen molar-refractivity contribution in [2.75, 3.05) is 4.90 Å². The van der Waals surface area contributed by atoms with E-state index in [9.17, 15) is 0 Å². The molecule has 0 aliphatic carbocycles. The fraction of sp³-hybridized carbons (Fsp3) is 0.200. The van der Waals surface area contributed by atoms with Crippen LogP contribution in [0.15, 0.2) is 58.5 Å². The van der Waals surface area contributed by atoms with Crippen molar-refractivity contribution in [3.63, 3.8) is 0 Å². The summed E-state index contributed by atoms with van der Waals surface area (Å²) in [5.41, 5.74) is 4.65. The number of halogens is 1. The summed E-state index contributed by atoms with van der Waals surface area (Å²) < 4.78 is 1.09. The van der Waals surface area contributed by atoms with Crippen LogP contribution in [0.4, 0.5) is 5.69 Å². The van der Waals surface area contributed by atoms with Gasteiger partial charge in [0.05, 0.1) is 17.8 Å². The summed E-state index contributed by atoms with van der Waals surface area (Å²) in [5, 5.41) is 6.35. The van der Waals surface area contributed by atoms with Crippen molar-refractivity contribution >= 4 is 50.3 Å². The largest absolute Gasteiger partial charge is 0.351 e. The Kier molecular flexibility index (Phi) is 4.82. The molecule has 0 bridgehead atoms. The summed E-state index contributed by atoms with van der Waals surface area (Å²) in [6, 6.07) is 14.8. The van der Waals surface area contributed by atoms with Crippen LogP contribution in [0.25, 0.3) is 0 Å². The van der Waals surface area contributed by atoms with Crippen molar-refractivity contribution in [3.8, 4) is 0 Å². The Morgan fingerprint density at radius 1 is 1.15 bits per heavy atom. The lowest BCUT2D eigenvalue weighted by molar-refractivity contribution is 0.575. The third-order valence-electron chi connectivity index (χ3n) is 4.75. The maximum absolute atomic E-state index is 5.74. The van der Waals surface area contributed by atoms with Crippen LogP contribution in [0.1, 0.15) is 33.8 Å². The van der Waals surface area contributed by atoms with Gasteiger partial charge in [-0.15, -0.1) is 11.3 Å². The van der Waals surface area contributed by atoms with Crippen LogP contribution >= 0.6 is 39.5 Å². The Balaban J connectivity index is 1.83. The first-order valence-electron chi connectivity index (χ1n) is 8.36. The number of aryl methyl sites for hydroxylation is 2. The molecule has 0 spiro atoms. The number of thiophene rings is 1. The first-order chi connectivity index (χ1) is 12.5. The first-order valence-corrected chi connectivity index (χ1v) is 10.4. The molecule has 2 atom stereocenters. The Labute approximate surface area is 171 Å². The average Bonchev–Trinajstić information content (AvgIpc) is 3.21. The van der Waals surface area contributed by atoms with E-state index in [-0.39, 0.29) is 12.1 Å². The zero-order valence-corrected chi connectivity index (χ0v) is 17.7. The number of hydrogen-bond donors (Lipinski definition) is 1. The molecule has 1 fully saturated rings. The molecule has 0 amide bonds. The molecule has 2 aromatic heterocycles. The van der Waals surface area contributed by atoms with Gasteiger partial charge in [0.1, 0.15) is 0 Å². The third kappa shape index (κ3) is 3.17. The number of nitrogens with zero attached hydrogens (tertiary/aromatic N) is 2. The highest BCUT2D eigenvalue weighted by Gasteiger charge is 2.41. The standard InChI is InChI=1S/C20H18BrN3S2/c1-12-6-7-15(9-13(12)2)24-19(17-10-14(21)11-26-17)18(23-20(24)25)16-5-3-4-8-22-16/h3-11,18-19H,1-2H3,(H,23,25). The highest BCUT2D eigenvalue weighted by molar-refractivity contribution is 9.10. The van der Waals surface area contributed by atoms with Crippen LogP contribution in [0.2, 0.25) is 0 Å². The van der Waals surface area contributed by atoms with Crippen molar-refractivity contribution in [2.45, 2.75) is 25.9 Å². The van der Waals surface area contributed by atoms with E-state index in [4.69, 9.17) is 12.2 Å². The summed E-state index contributed by atoms with van der Waals surface area (Å²) in [6.07, 6.45) is 1.83. The second-order valence-corrected chi connectivity index (χ2v) is 8.68. The van der Waals surface area contributed by atoms with Gasteiger partial charge in [0, 0.05) is 26.6 Å². The smallest absolute Gasteiger partial charge is 0.174 e. The van der Waals surface area contributed by atoms with Gasteiger partial charge in [-0.25, -0.2) is 0 Å². The van der Waals surface area contributed by atoms with Crippen molar-refractivity contribution in [3.05, 3.63) is 80.2 Å². The lowest BCUT2D eigenvalue weighted by atomic mass is 10.0.